The molecule has 102 valence electrons. The summed E-state index contributed by atoms with van der Waals surface area (Å²) in [5.74, 6) is -1.21. The van der Waals surface area contributed by atoms with Crippen molar-refractivity contribution in [1.82, 2.24) is 10.2 Å². The van der Waals surface area contributed by atoms with Crippen LogP contribution in [0.5, 0.6) is 0 Å². The van der Waals surface area contributed by atoms with Crippen molar-refractivity contribution in [3.8, 4) is 0 Å². The second-order valence-corrected chi connectivity index (χ2v) is 5.28. The van der Waals surface area contributed by atoms with Gasteiger partial charge in [0, 0.05) is 37.3 Å². The molecule has 5 heteroatoms. The van der Waals surface area contributed by atoms with Crippen LogP contribution in [0.2, 0.25) is 0 Å². The number of hydrogen-bond donors (Lipinski definition) is 1. The smallest absolute Gasteiger partial charge is 0.254 e. The van der Waals surface area contributed by atoms with Crippen molar-refractivity contribution in [2.45, 2.75) is 18.9 Å². The van der Waals surface area contributed by atoms with Crippen molar-refractivity contribution >= 4 is 5.91 Å². The molecule has 2 heterocycles. The van der Waals surface area contributed by atoms with Gasteiger partial charge in [0.1, 0.15) is 11.6 Å². The third-order valence-electron chi connectivity index (χ3n) is 4.05. The molecule has 0 aromatic heterocycles. The summed E-state index contributed by atoms with van der Waals surface area (Å²) >= 11 is 0. The number of piperidine rings is 1. The molecule has 1 amide bonds. The first-order valence-electron chi connectivity index (χ1n) is 6.63. The van der Waals surface area contributed by atoms with E-state index in [0.717, 1.165) is 44.1 Å². The van der Waals surface area contributed by atoms with Gasteiger partial charge in [0.05, 0.1) is 0 Å². The summed E-state index contributed by atoms with van der Waals surface area (Å²) in [7, 11) is 0. The molecule has 0 aliphatic carbocycles. The minimum absolute atomic E-state index is 0.102. The highest BCUT2D eigenvalue weighted by atomic mass is 19.1. The minimum Gasteiger partial charge on any atom is -0.334 e. The number of carbonyl (C=O) groups excluding carboxylic acids is 1. The fourth-order valence-corrected chi connectivity index (χ4v) is 3.16. The van der Waals surface area contributed by atoms with E-state index >= 15 is 0 Å². The Morgan fingerprint density at radius 2 is 1.95 bits per heavy atom. The zero-order chi connectivity index (χ0) is 13.4. The number of hydrogen-bond acceptors (Lipinski definition) is 2. The molecule has 0 spiro atoms. The minimum atomic E-state index is -0.707. The van der Waals surface area contributed by atoms with Crippen LogP contribution in [0.3, 0.4) is 0 Å². The molecule has 1 N–H and O–H groups in total. The lowest BCUT2D eigenvalue weighted by Crippen LogP contribution is -2.48. The summed E-state index contributed by atoms with van der Waals surface area (Å²) in [6, 6.07) is 3.16. The number of nitrogens with one attached hydrogen (secondary N) is 1. The topological polar surface area (TPSA) is 32.3 Å². The van der Waals surface area contributed by atoms with E-state index in [1.165, 1.54) is 0 Å². The number of carbonyl (C=O) groups is 1. The number of fused-ring (bicyclic) bond motifs is 1. The molecule has 3 rings (SSSR count). The van der Waals surface area contributed by atoms with Crippen LogP contribution in [0.25, 0.3) is 0 Å². The van der Waals surface area contributed by atoms with Crippen LogP contribution >= 0.6 is 0 Å². The van der Waals surface area contributed by atoms with E-state index in [4.69, 9.17) is 0 Å². The highest BCUT2D eigenvalue weighted by Gasteiger charge is 2.37. The summed E-state index contributed by atoms with van der Waals surface area (Å²) in [5, 5.41) is 3.28. The molecule has 2 fully saturated rings. The van der Waals surface area contributed by atoms with Gasteiger partial charge in [-0.05, 0) is 30.9 Å². The standard InChI is InChI=1S/C14H16F2N2O/c15-11-4-10(5-12(16)6-11)14(19)18-3-1-2-9-7-17-8-13(9)18/h4-6,9,13,17H,1-3,7-8H2. The van der Waals surface area contributed by atoms with Gasteiger partial charge in [0.2, 0.25) is 0 Å². The van der Waals surface area contributed by atoms with Crippen molar-refractivity contribution in [1.29, 1.82) is 0 Å². The van der Waals surface area contributed by atoms with E-state index in [-0.39, 0.29) is 17.5 Å². The van der Waals surface area contributed by atoms with Gasteiger partial charge in [-0.15, -0.1) is 0 Å². The predicted molar refractivity (Wildman–Crippen MR) is 66.8 cm³/mol. The number of benzene rings is 1. The molecule has 2 atom stereocenters. The summed E-state index contributed by atoms with van der Waals surface area (Å²) < 4.78 is 26.4. The Hall–Kier alpha value is -1.49. The second kappa shape index (κ2) is 4.89. The largest absolute Gasteiger partial charge is 0.334 e. The summed E-state index contributed by atoms with van der Waals surface area (Å²) in [6.07, 6.45) is 2.06. The molecule has 2 unspecified atom stereocenters. The normalized spacial score (nSPS) is 26.3. The predicted octanol–water partition coefficient (Wildman–Crippen LogP) is 1.79. The van der Waals surface area contributed by atoms with Gasteiger partial charge in [-0.2, -0.15) is 0 Å². The third-order valence-corrected chi connectivity index (χ3v) is 4.05. The molecule has 1 aromatic carbocycles. The second-order valence-electron chi connectivity index (χ2n) is 5.28. The van der Waals surface area contributed by atoms with Gasteiger partial charge < -0.3 is 10.2 Å². The maximum Gasteiger partial charge on any atom is 0.254 e. The van der Waals surface area contributed by atoms with Crippen molar-refractivity contribution in [3.05, 3.63) is 35.4 Å². The van der Waals surface area contributed by atoms with Crippen molar-refractivity contribution in [2.75, 3.05) is 19.6 Å². The first-order chi connectivity index (χ1) is 9.15. The Morgan fingerprint density at radius 1 is 1.21 bits per heavy atom. The Morgan fingerprint density at radius 3 is 2.68 bits per heavy atom. The Bertz CT molecular complexity index is 486. The van der Waals surface area contributed by atoms with Crippen LogP contribution < -0.4 is 5.32 Å². The number of nitrogens with zero attached hydrogens (tertiary/aromatic N) is 1. The average Bonchev–Trinajstić information content (AvgIpc) is 2.84. The van der Waals surface area contributed by atoms with E-state index in [1.54, 1.807) is 4.90 Å². The fraction of sp³-hybridized carbons (Fsp3) is 0.500. The molecule has 3 nitrogen and oxygen atoms in total. The fourth-order valence-electron chi connectivity index (χ4n) is 3.16. The molecule has 1 aromatic rings. The Kier molecular flexibility index (Phi) is 3.22. The molecular formula is C14H16F2N2O. The number of likely N-dealkylation sites (tertiary alicyclic amines) is 1. The first-order valence-corrected chi connectivity index (χ1v) is 6.63. The van der Waals surface area contributed by atoms with Crippen molar-refractivity contribution < 1.29 is 13.6 Å². The van der Waals surface area contributed by atoms with Gasteiger partial charge in [0.25, 0.3) is 5.91 Å². The SMILES string of the molecule is O=C(c1cc(F)cc(F)c1)N1CCCC2CNCC21. The molecule has 0 saturated carbocycles. The maximum atomic E-state index is 13.2. The van der Waals surface area contributed by atoms with E-state index in [9.17, 15) is 13.6 Å². The Balaban J connectivity index is 1.86. The lowest BCUT2D eigenvalue weighted by atomic mass is 9.91. The maximum absolute atomic E-state index is 13.2. The summed E-state index contributed by atoms with van der Waals surface area (Å²) in [4.78, 5) is 14.2. The van der Waals surface area contributed by atoms with Crippen LogP contribution in [0.4, 0.5) is 8.78 Å². The molecule has 2 aliphatic rings. The number of halogens is 2. The molecule has 2 aliphatic heterocycles. The van der Waals surface area contributed by atoms with Crippen molar-refractivity contribution in [2.24, 2.45) is 5.92 Å². The highest BCUT2D eigenvalue weighted by molar-refractivity contribution is 5.94. The molecule has 0 radical (unpaired) electrons. The van der Waals surface area contributed by atoms with Gasteiger partial charge >= 0.3 is 0 Å². The first kappa shape index (κ1) is 12.5. The zero-order valence-corrected chi connectivity index (χ0v) is 10.5. The quantitative estimate of drug-likeness (QED) is 0.840. The van der Waals surface area contributed by atoms with Crippen LogP contribution in [-0.2, 0) is 0 Å². The monoisotopic (exact) mass is 266 g/mol. The van der Waals surface area contributed by atoms with E-state index in [1.807, 2.05) is 0 Å². The van der Waals surface area contributed by atoms with Gasteiger partial charge in [0.15, 0.2) is 0 Å². The highest BCUT2D eigenvalue weighted by Crippen LogP contribution is 2.27. The van der Waals surface area contributed by atoms with Crippen molar-refractivity contribution in [3.63, 3.8) is 0 Å². The zero-order valence-electron chi connectivity index (χ0n) is 10.5. The lowest BCUT2D eigenvalue weighted by Gasteiger charge is -2.37. The van der Waals surface area contributed by atoms with Gasteiger partial charge in [-0.25, -0.2) is 8.78 Å². The average molecular weight is 266 g/mol. The van der Waals surface area contributed by atoms with Crippen LogP contribution in [0.15, 0.2) is 18.2 Å². The van der Waals surface area contributed by atoms with Gasteiger partial charge in [-0.3, -0.25) is 4.79 Å². The van der Waals surface area contributed by atoms with E-state index in [0.29, 0.717) is 12.5 Å². The summed E-state index contributed by atoms with van der Waals surface area (Å²) in [6.45, 7) is 2.36. The summed E-state index contributed by atoms with van der Waals surface area (Å²) in [5.41, 5.74) is 0.102. The lowest BCUT2D eigenvalue weighted by molar-refractivity contribution is 0.0574. The number of rotatable bonds is 1. The molecule has 2 saturated heterocycles. The number of amides is 1. The van der Waals surface area contributed by atoms with E-state index in [2.05, 4.69) is 5.32 Å². The van der Waals surface area contributed by atoms with Crippen LogP contribution in [0.1, 0.15) is 23.2 Å². The molecular weight excluding hydrogens is 250 g/mol. The van der Waals surface area contributed by atoms with Crippen LogP contribution in [0, 0.1) is 17.6 Å². The molecule has 0 bridgehead atoms. The van der Waals surface area contributed by atoms with E-state index < -0.39 is 11.6 Å². The Labute approximate surface area is 110 Å². The van der Waals surface area contributed by atoms with Gasteiger partial charge in [-0.1, -0.05) is 0 Å². The molecule has 19 heavy (non-hydrogen) atoms. The third kappa shape index (κ3) is 2.34. The van der Waals surface area contributed by atoms with Crippen LogP contribution in [-0.4, -0.2) is 36.5 Å².